The van der Waals surface area contributed by atoms with Crippen LogP contribution in [0.3, 0.4) is 0 Å². The number of ether oxygens (including phenoxy) is 1. The Morgan fingerprint density at radius 2 is 2.03 bits per heavy atom. The number of rotatable bonds is 7. The number of nitrogens with one attached hydrogen (secondary N) is 2. The van der Waals surface area contributed by atoms with E-state index in [4.69, 9.17) is 20.9 Å². The number of benzene rings is 1. The summed E-state index contributed by atoms with van der Waals surface area (Å²) in [6, 6.07) is 5.87. The fraction of sp³-hybridized carbons (Fsp3) is 0.320. The third-order valence-corrected chi connectivity index (χ3v) is 6.03. The molecule has 1 aliphatic heterocycles. The fourth-order valence-corrected chi connectivity index (χ4v) is 4.46. The van der Waals surface area contributed by atoms with Gasteiger partial charge in [-0.05, 0) is 25.0 Å². The van der Waals surface area contributed by atoms with Crippen LogP contribution in [0.15, 0.2) is 51.4 Å². The molecule has 0 bridgehead atoms. The number of carbonyl (C=O) groups excluding carboxylic acids is 2. The van der Waals surface area contributed by atoms with E-state index in [1.807, 2.05) is 0 Å². The summed E-state index contributed by atoms with van der Waals surface area (Å²) < 4.78 is 69.0. The van der Waals surface area contributed by atoms with Crippen molar-refractivity contribution in [2.45, 2.75) is 39.3 Å². The van der Waals surface area contributed by atoms with Crippen molar-refractivity contribution < 1.29 is 36.4 Å². The van der Waals surface area contributed by atoms with Crippen LogP contribution < -0.4 is 15.8 Å². The number of para-hydroxylation sites is 2. The zero-order valence-electron chi connectivity index (χ0n) is 20.3. The third kappa shape index (κ3) is 5.32. The summed E-state index contributed by atoms with van der Waals surface area (Å²) in [7, 11) is 0. The lowest BCUT2D eigenvalue weighted by molar-refractivity contribution is -0.114. The van der Waals surface area contributed by atoms with Gasteiger partial charge in [-0.3, -0.25) is 9.80 Å². The van der Waals surface area contributed by atoms with Crippen LogP contribution in [-0.2, 0) is 9.53 Å². The minimum Gasteiger partial charge on any atom is -0.462 e. The minimum atomic E-state index is -4.95. The van der Waals surface area contributed by atoms with Gasteiger partial charge in [0.1, 0.15) is 22.8 Å². The van der Waals surface area contributed by atoms with Crippen LogP contribution in [0.5, 0.6) is 0 Å². The number of allylic oxidation sites excluding steroid dienone is 5. The maximum absolute atomic E-state index is 14.8. The van der Waals surface area contributed by atoms with Crippen LogP contribution in [0.1, 0.15) is 54.9 Å². The number of alkyl halides is 3. The summed E-state index contributed by atoms with van der Waals surface area (Å²) in [4.78, 5) is 24.7. The molecule has 1 aliphatic carbocycles. The van der Waals surface area contributed by atoms with Gasteiger partial charge in [-0.1, -0.05) is 41.9 Å². The molecule has 0 fully saturated rings. The number of hydrogen-bond acceptors (Lipinski definition) is 7. The molecule has 38 heavy (non-hydrogen) atoms. The molecule has 2 aromatic rings. The number of anilines is 2. The molecule has 0 saturated heterocycles. The highest BCUT2D eigenvalue weighted by atomic mass is 35.5. The topological polar surface area (TPSA) is 96.7 Å². The predicted molar refractivity (Wildman–Crippen MR) is 132 cm³/mol. The number of aromatic nitrogens is 1. The van der Waals surface area contributed by atoms with Crippen LogP contribution in [0.4, 0.5) is 28.9 Å². The molecule has 1 aromatic carbocycles. The molecule has 0 unspecified atom stereocenters. The normalized spacial score (nSPS) is 16.2. The fourth-order valence-electron chi connectivity index (χ4n) is 4.16. The lowest BCUT2D eigenvalue weighted by atomic mass is 9.97. The van der Waals surface area contributed by atoms with Crippen molar-refractivity contribution >= 4 is 46.0 Å². The van der Waals surface area contributed by atoms with E-state index >= 15 is 0 Å². The highest BCUT2D eigenvalue weighted by Crippen LogP contribution is 2.45. The first-order valence-electron chi connectivity index (χ1n) is 11.7. The van der Waals surface area contributed by atoms with Gasteiger partial charge in [0.05, 0.1) is 23.6 Å². The Hall–Kier alpha value is -3.64. The molecule has 8 nitrogen and oxygen atoms in total. The Labute approximate surface area is 219 Å². The van der Waals surface area contributed by atoms with E-state index in [1.54, 1.807) is 13.0 Å². The second-order valence-electron chi connectivity index (χ2n) is 8.44. The molecule has 0 atom stereocenters. The predicted octanol–water partition coefficient (Wildman–Crippen LogP) is 6.10. The van der Waals surface area contributed by atoms with Crippen LogP contribution in [0.25, 0.3) is 11.1 Å². The van der Waals surface area contributed by atoms with Crippen molar-refractivity contribution in [1.82, 2.24) is 10.6 Å². The van der Waals surface area contributed by atoms with Crippen molar-refractivity contribution in [3.63, 3.8) is 0 Å². The van der Waals surface area contributed by atoms with Gasteiger partial charge >= 0.3 is 12.1 Å². The second kappa shape index (κ2) is 11.0. The van der Waals surface area contributed by atoms with E-state index in [2.05, 4.69) is 15.9 Å². The van der Waals surface area contributed by atoms with E-state index in [0.29, 0.717) is 12.8 Å². The van der Waals surface area contributed by atoms with Crippen LogP contribution >= 0.6 is 11.6 Å². The van der Waals surface area contributed by atoms with E-state index in [-0.39, 0.29) is 40.7 Å². The summed E-state index contributed by atoms with van der Waals surface area (Å²) in [6.45, 7) is 2.49. The van der Waals surface area contributed by atoms with Gasteiger partial charge in [-0.15, -0.1) is 0 Å². The van der Waals surface area contributed by atoms with Crippen molar-refractivity contribution in [3.8, 4) is 0 Å². The summed E-state index contributed by atoms with van der Waals surface area (Å²) in [6.07, 6.45) is -2.71. The Morgan fingerprint density at radius 3 is 2.68 bits per heavy atom. The van der Waals surface area contributed by atoms with E-state index in [0.717, 1.165) is 5.01 Å². The monoisotopic (exact) mass is 554 g/mol. The number of esters is 1. The molecule has 0 radical (unpaired) electrons. The maximum atomic E-state index is 14.8. The second-order valence-corrected chi connectivity index (χ2v) is 8.84. The number of amides is 1. The Morgan fingerprint density at radius 1 is 1.29 bits per heavy atom. The molecule has 0 saturated carbocycles. The van der Waals surface area contributed by atoms with Gasteiger partial charge < -0.3 is 14.6 Å². The number of carbonyl (C=O) groups is 2. The Kier molecular flexibility index (Phi) is 7.93. The average Bonchev–Trinajstić information content (AvgIpc) is 3.47. The molecular weight excluding hydrogens is 532 g/mol. The molecule has 0 spiro atoms. The van der Waals surface area contributed by atoms with E-state index in [1.165, 1.54) is 31.2 Å². The molecular formula is C25H23ClF4N4O4. The quantitative estimate of drug-likeness (QED) is 0.315. The van der Waals surface area contributed by atoms with Gasteiger partial charge in [-0.2, -0.15) is 13.2 Å². The molecule has 4 rings (SSSR count). The highest BCUT2D eigenvalue weighted by Gasteiger charge is 2.47. The van der Waals surface area contributed by atoms with Crippen LogP contribution in [-0.4, -0.2) is 36.4 Å². The molecule has 2 aliphatic rings. The van der Waals surface area contributed by atoms with Gasteiger partial charge in [0, 0.05) is 30.5 Å². The lowest BCUT2D eigenvalue weighted by Gasteiger charge is -2.26. The van der Waals surface area contributed by atoms with Crippen molar-refractivity contribution in [2.75, 3.05) is 23.5 Å². The summed E-state index contributed by atoms with van der Waals surface area (Å²) in [5, 5.41) is 6.98. The van der Waals surface area contributed by atoms with Gasteiger partial charge in [0.15, 0.2) is 5.76 Å². The summed E-state index contributed by atoms with van der Waals surface area (Å²) in [5.41, 5.74) is 0.0289. The van der Waals surface area contributed by atoms with E-state index < -0.39 is 53.0 Å². The SMILES string of the molecule is CCCOC(=O)c1c(C2=C(F)CCC=C2Cl)noc1C1=C(C(F)(F)F)N(c2ccccc2NC(C)=O)NC1. The molecule has 1 amide bonds. The highest BCUT2D eigenvalue weighted by molar-refractivity contribution is 6.37. The molecule has 2 N–H and O–H groups in total. The zero-order valence-corrected chi connectivity index (χ0v) is 21.1. The van der Waals surface area contributed by atoms with Crippen molar-refractivity contribution in [3.05, 3.63) is 63.9 Å². The number of nitrogens with zero attached hydrogens (tertiary/aromatic N) is 2. The first-order valence-corrected chi connectivity index (χ1v) is 12.0. The number of hydrogen-bond donors (Lipinski definition) is 2. The van der Waals surface area contributed by atoms with Crippen molar-refractivity contribution in [2.24, 2.45) is 0 Å². The lowest BCUT2D eigenvalue weighted by Crippen LogP contribution is -2.37. The summed E-state index contributed by atoms with van der Waals surface area (Å²) in [5.74, 6) is -2.72. The summed E-state index contributed by atoms with van der Waals surface area (Å²) >= 11 is 6.21. The molecule has 1 aromatic heterocycles. The van der Waals surface area contributed by atoms with E-state index in [9.17, 15) is 27.2 Å². The zero-order chi connectivity index (χ0) is 27.6. The largest absolute Gasteiger partial charge is 0.462 e. The average molecular weight is 555 g/mol. The molecule has 2 heterocycles. The molecule has 13 heteroatoms. The Bertz CT molecular complexity index is 1360. The third-order valence-electron chi connectivity index (χ3n) is 5.69. The van der Waals surface area contributed by atoms with Crippen LogP contribution in [0.2, 0.25) is 0 Å². The number of halogens is 5. The maximum Gasteiger partial charge on any atom is 0.433 e. The van der Waals surface area contributed by atoms with Gasteiger partial charge in [-0.25, -0.2) is 14.6 Å². The minimum absolute atomic E-state index is 0.00751. The first-order chi connectivity index (χ1) is 18.0. The van der Waals surface area contributed by atoms with Gasteiger partial charge in [0.2, 0.25) is 5.91 Å². The first kappa shape index (κ1) is 27.4. The van der Waals surface area contributed by atoms with Crippen molar-refractivity contribution in [1.29, 1.82) is 0 Å². The molecule has 202 valence electrons. The van der Waals surface area contributed by atoms with Crippen LogP contribution in [0, 0.1) is 0 Å². The standard InChI is InChI=1S/C25H23ClF4N4O4/c1-3-11-37-24(36)20-21(19-15(26)7-6-8-16(19)27)33-38-22(20)14-12-31-34(23(14)25(28,29)30)18-10-5-4-9-17(18)32-13(2)35/h4-5,7,9-10,31H,3,6,8,11-12H2,1-2H3,(H,32,35). The van der Waals surface area contributed by atoms with Gasteiger partial charge in [0.25, 0.3) is 0 Å². The smallest absolute Gasteiger partial charge is 0.433 e. The Balaban J connectivity index is 1.93. The number of hydrazine groups is 1.